The molecule has 0 saturated heterocycles. The van der Waals surface area contributed by atoms with E-state index in [1.54, 1.807) is 12.1 Å². The fraction of sp³-hybridized carbons (Fsp3) is 0. The van der Waals surface area contributed by atoms with Crippen molar-refractivity contribution < 1.29 is 9.18 Å². The molecule has 5 nitrogen and oxygen atoms in total. The van der Waals surface area contributed by atoms with Gasteiger partial charge in [0.25, 0.3) is 0 Å². The summed E-state index contributed by atoms with van der Waals surface area (Å²) >= 11 is 5.60. The van der Waals surface area contributed by atoms with E-state index in [9.17, 15) is 9.18 Å². The summed E-state index contributed by atoms with van der Waals surface area (Å²) in [5.74, 6) is -1.16. The molecule has 1 aromatic carbocycles. The first-order valence-corrected chi connectivity index (χ1v) is 7.40. The van der Waals surface area contributed by atoms with Gasteiger partial charge in [-0.25, -0.2) is 0 Å². The Bertz CT molecular complexity index is 789. The average Bonchev–Trinajstić information content (AvgIpc) is 2.91. The zero-order valence-electron chi connectivity index (χ0n) is 9.80. The van der Waals surface area contributed by atoms with Crippen molar-refractivity contribution in [2.45, 2.75) is 0 Å². The van der Waals surface area contributed by atoms with Gasteiger partial charge in [-0.1, -0.05) is 0 Å². The number of nitrogens with one attached hydrogen (secondary N) is 1. The van der Waals surface area contributed by atoms with Crippen molar-refractivity contribution in [2.24, 2.45) is 7.92 Å². The average molecular weight is 356 g/mol. The second-order valence-corrected chi connectivity index (χ2v) is 5.35. The van der Waals surface area contributed by atoms with E-state index >= 15 is 0 Å². The SMILES string of the molecule is O=C(Nc1cccc2c1N=[Se]=N2)c1cc(F)cnc1Cl. The van der Waals surface area contributed by atoms with Crippen molar-refractivity contribution in [3.8, 4) is 0 Å². The standard InChI is InChI=1S/C12H6ClFN4OSe/c13-11-7(4-6(14)5-15-11)12(19)16-8-2-1-3-9-10(8)18-20-17-9/h1-5H,(H,16,19). The van der Waals surface area contributed by atoms with E-state index in [2.05, 4.69) is 18.2 Å². The third-order valence-corrected chi connectivity index (χ3v) is 4.02. The predicted octanol–water partition coefficient (Wildman–Crippen LogP) is 3.47. The Labute approximate surface area is 123 Å². The Morgan fingerprint density at radius 3 is 3.05 bits per heavy atom. The van der Waals surface area contributed by atoms with Crippen molar-refractivity contribution in [3.63, 3.8) is 0 Å². The molecule has 2 aromatic rings. The van der Waals surface area contributed by atoms with E-state index in [4.69, 9.17) is 11.6 Å². The summed E-state index contributed by atoms with van der Waals surface area (Å²) in [4.78, 5) is 15.7. The van der Waals surface area contributed by atoms with Crippen LogP contribution in [0, 0.1) is 5.82 Å². The van der Waals surface area contributed by atoms with Gasteiger partial charge in [0.15, 0.2) is 0 Å². The summed E-state index contributed by atoms with van der Waals surface area (Å²) in [6.45, 7) is 0. The second kappa shape index (κ2) is 5.28. The van der Waals surface area contributed by atoms with Crippen LogP contribution in [0.3, 0.4) is 0 Å². The van der Waals surface area contributed by atoms with Crippen LogP contribution in [-0.4, -0.2) is 25.5 Å². The zero-order valence-corrected chi connectivity index (χ0v) is 12.3. The summed E-state index contributed by atoms with van der Waals surface area (Å²) in [5, 5.41) is 2.60. The van der Waals surface area contributed by atoms with Crippen molar-refractivity contribution >= 4 is 49.1 Å². The van der Waals surface area contributed by atoms with Crippen molar-refractivity contribution in [1.82, 2.24) is 4.98 Å². The summed E-state index contributed by atoms with van der Waals surface area (Å²) in [6, 6.07) is 6.33. The van der Waals surface area contributed by atoms with Gasteiger partial charge in [0, 0.05) is 0 Å². The number of hydrogen-bond donors (Lipinski definition) is 1. The van der Waals surface area contributed by atoms with Crippen LogP contribution < -0.4 is 5.32 Å². The van der Waals surface area contributed by atoms with Crippen LogP contribution >= 0.6 is 11.6 Å². The quantitative estimate of drug-likeness (QED) is 0.565. The van der Waals surface area contributed by atoms with Crippen LogP contribution in [0.2, 0.25) is 5.15 Å². The maximum atomic E-state index is 13.1. The molecular formula is C12H6ClFN4OSe. The number of nitrogens with zero attached hydrogens (tertiary/aromatic N) is 3. The summed E-state index contributed by atoms with van der Waals surface area (Å²) < 4.78 is 21.6. The number of carbonyl (C=O) groups excluding carboxylic acids is 1. The number of pyridine rings is 1. The molecule has 0 fully saturated rings. The molecule has 3 rings (SSSR count). The first-order valence-electron chi connectivity index (χ1n) is 5.49. The van der Waals surface area contributed by atoms with Gasteiger partial charge in [-0.15, -0.1) is 0 Å². The molecular weight excluding hydrogens is 350 g/mol. The molecule has 20 heavy (non-hydrogen) atoms. The molecule has 1 amide bonds. The van der Waals surface area contributed by atoms with Gasteiger partial charge in [0.1, 0.15) is 0 Å². The Balaban J connectivity index is 1.93. The molecule has 0 aliphatic carbocycles. The second-order valence-electron chi connectivity index (χ2n) is 3.88. The Morgan fingerprint density at radius 2 is 2.20 bits per heavy atom. The number of benzene rings is 1. The molecule has 0 atom stereocenters. The molecule has 0 saturated carbocycles. The third-order valence-electron chi connectivity index (χ3n) is 2.58. The summed E-state index contributed by atoms with van der Waals surface area (Å²) in [5.41, 5.74) is 1.88. The molecule has 2 heterocycles. The number of aromatic nitrogens is 1. The number of anilines is 1. The molecule has 0 unspecified atom stereocenters. The molecule has 8 heteroatoms. The third kappa shape index (κ3) is 2.43. The van der Waals surface area contributed by atoms with Gasteiger partial charge in [-0.2, -0.15) is 0 Å². The predicted molar refractivity (Wildman–Crippen MR) is 73.5 cm³/mol. The number of carbonyl (C=O) groups is 1. The number of amides is 1. The normalized spacial score (nSPS) is 11.9. The van der Waals surface area contributed by atoms with E-state index in [1.807, 2.05) is 6.07 Å². The van der Waals surface area contributed by atoms with Crippen molar-refractivity contribution in [3.05, 3.63) is 47.0 Å². The summed E-state index contributed by atoms with van der Waals surface area (Å²) in [7, 11) is 0. The first-order chi connectivity index (χ1) is 9.65. The van der Waals surface area contributed by atoms with Crippen LogP contribution in [0.5, 0.6) is 0 Å². The van der Waals surface area contributed by atoms with E-state index in [-0.39, 0.29) is 25.3 Å². The maximum absolute atomic E-state index is 13.1. The first kappa shape index (κ1) is 13.2. The minimum absolute atomic E-state index is 0.0234. The van der Waals surface area contributed by atoms with Gasteiger partial charge in [0.2, 0.25) is 0 Å². The zero-order chi connectivity index (χ0) is 14.1. The Hall–Kier alpha value is -1.82. The molecule has 1 aliphatic rings. The summed E-state index contributed by atoms with van der Waals surface area (Å²) in [6.07, 6.45) is 0.954. The van der Waals surface area contributed by atoms with Gasteiger partial charge >= 0.3 is 124 Å². The number of halogens is 2. The van der Waals surface area contributed by atoms with Crippen molar-refractivity contribution in [2.75, 3.05) is 5.32 Å². The van der Waals surface area contributed by atoms with Crippen molar-refractivity contribution in [1.29, 1.82) is 0 Å². The van der Waals surface area contributed by atoms with Crippen LogP contribution in [0.25, 0.3) is 0 Å². The number of rotatable bonds is 2. The van der Waals surface area contributed by atoms with Crippen LogP contribution in [0.1, 0.15) is 10.4 Å². The number of hydrogen-bond acceptors (Lipinski definition) is 4. The van der Waals surface area contributed by atoms with E-state index < -0.39 is 11.7 Å². The Morgan fingerprint density at radius 1 is 1.35 bits per heavy atom. The van der Waals surface area contributed by atoms with Gasteiger partial charge < -0.3 is 0 Å². The van der Waals surface area contributed by atoms with E-state index in [1.165, 1.54) is 0 Å². The molecule has 0 spiro atoms. The van der Waals surface area contributed by atoms with Crippen LogP contribution in [-0.2, 0) is 0 Å². The van der Waals surface area contributed by atoms with Gasteiger partial charge in [-0.3, -0.25) is 0 Å². The molecule has 1 aliphatic heterocycles. The van der Waals surface area contributed by atoms with E-state index in [0.29, 0.717) is 11.4 Å². The molecule has 0 radical (unpaired) electrons. The topological polar surface area (TPSA) is 66.7 Å². The fourth-order valence-corrected chi connectivity index (χ4v) is 3.02. The molecule has 1 N–H and O–H groups in total. The van der Waals surface area contributed by atoms with Crippen LogP contribution in [0.15, 0.2) is 38.4 Å². The number of fused-ring (bicyclic) bond motifs is 1. The monoisotopic (exact) mass is 356 g/mol. The molecule has 100 valence electrons. The van der Waals surface area contributed by atoms with Gasteiger partial charge in [0.05, 0.1) is 0 Å². The van der Waals surface area contributed by atoms with E-state index in [0.717, 1.165) is 18.0 Å². The molecule has 1 aromatic heterocycles. The minimum atomic E-state index is -0.624. The van der Waals surface area contributed by atoms with Gasteiger partial charge in [-0.05, 0) is 0 Å². The Kier molecular flexibility index (Phi) is 3.48. The fourth-order valence-electron chi connectivity index (χ4n) is 1.68. The molecule has 0 bridgehead atoms. The van der Waals surface area contributed by atoms with Crippen LogP contribution in [0.4, 0.5) is 21.5 Å².